The van der Waals surface area contributed by atoms with Crippen molar-refractivity contribution in [2.24, 2.45) is 29.1 Å². The molecule has 47 heavy (non-hydrogen) atoms. The molecule has 4 aromatic rings. The average Bonchev–Trinajstić information content (AvgIpc) is 3.59. The molecule has 4 bridgehead atoms. The van der Waals surface area contributed by atoms with Gasteiger partial charge >= 0.3 is 112 Å². The van der Waals surface area contributed by atoms with Crippen LogP contribution in [-0.4, -0.2) is 3.21 Å². The van der Waals surface area contributed by atoms with Crippen LogP contribution in [-0.2, 0) is 30.7 Å². The van der Waals surface area contributed by atoms with Gasteiger partial charge in [-0.2, -0.15) is 41.5 Å². The summed E-state index contributed by atoms with van der Waals surface area (Å²) in [6.45, 7) is 8.79. The molecule has 1 atom stereocenters. The Morgan fingerprint density at radius 1 is 0.723 bits per heavy atom. The Balaban J connectivity index is 0.000000114. The molecule has 0 aromatic heterocycles. The van der Waals surface area contributed by atoms with Crippen LogP contribution >= 0.6 is 0 Å². The summed E-state index contributed by atoms with van der Waals surface area (Å²) in [5.41, 5.74) is 14.6. The normalized spacial score (nSPS) is 25.8. The van der Waals surface area contributed by atoms with Gasteiger partial charge in [0.1, 0.15) is 0 Å². The fraction of sp³-hybridized carbons (Fsp3) is 0.370. The molecule has 0 N–H and O–H groups in total. The van der Waals surface area contributed by atoms with Crippen LogP contribution in [0.3, 0.4) is 0 Å². The first-order valence-corrected chi connectivity index (χ1v) is 19.1. The zero-order chi connectivity index (χ0) is 32.5. The van der Waals surface area contributed by atoms with Crippen molar-refractivity contribution in [2.45, 2.75) is 79.1 Å². The average molecular weight is 692 g/mol. The summed E-state index contributed by atoms with van der Waals surface area (Å²) in [5.74, 6) is 3.82. The van der Waals surface area contributed by atoms with E-state index in [0.29, 0.717) is 11.3 Å². The Labute approximate surface area is 298 Å². The minimum atomic E-state index is 0.564. The standard InChI is InChI=1S/C18H25.C15H14.C13H9.Zr/c1-12-3-13(2)17(4-12)11-18-8-14-5-15(9-18)7-16(6-14)10-18;1-12-3-7-14(8-4-12)11-15-9-5-13(2)6-10-15;1-3-7-12-10(5-1)9-11-6-2-4-8-13(11)12;/h4,12,14-16H,5-11H2,1-2H3;3-10H,1-2H3;1-5,7-8H,9H2;/q-1;;-1;+2. The first-order valence-electron chi connectivity index (χ1n) is 17.9. The third-order valence-electron chi connectivity index (χ3n) is 11.4. The molecule has 4 aromatic carbocycles. The van der Waals surface area contributed by atoms with Crippen molar-refractivity contribution in [2.75, 3.05) is 0 Å². The van der Waals surface area contributed by atoms with E-state index in [4.69, 9.17) is 0 Å². The van der Waals surface area contributed by atoms with Gasteiger partial charge in [-0.1, -0.05) is 61.6 Å². The van der Waals surface area contributed by atoms with Gasteiger partial charge in [0.2, 0.25) is 0 Å². The molecule has 236 valence electrons. The molecule has 0 aliphatic heterocycles. The van der Waals surface area contributed by atoms with E-state index >= 15 is 0 Å². The van der Waals surface area contributed by atoms with Crippen molar-refractivity contribution < 1.29 is 24.2 Å². The van der Waals surface area contributed by atoms with Crippen LogP contribution in [0, 0.1) is 55.1 Å². The Morgan fingerprint density at radius 3 is 1.83 bits per heavy atom. The largest absolute Gasteiger partial charge is 0.179 e. The van der Waals surface area contributed by atoms with Crippen LogP contribution in [0.25, 0.3) is 11.1 Å². The molecule has 0 radical (unpaired) electrons. The molecule has 0 amide bonds. The number of fused-ring (bicyclic) bond motifs is 3. The molecule has 0 nitrogen and oxygen atoms in total. The minimum Gasteiger partial charge on any atom is -0.179 e. The van der Waals surface area contributed by atoms with Crippen molar-refractivity contribution in [3.05, 3.63) is 154 Å². The smallest absolute Gasteiger partial charge is 0.0253 e. The second-order valence-corrected chi connectivity index (χ2v) is 16.6. The maximum Gasteiger partial charge on any atom is -0.0253 e. The molecule has 1 heteroatoms. The zero-order valence-electron chi connectivity index (χ0n) is 28.7. The quantitative estimate of drug-likeness (QED) is 0.165. The molecular formula is C46H48Zr. The summed E-state index contributed by atoms with van der Waals surface area (Å²) in [4.78, 5) is 0. The predicted octanol–water partition coefficient (Wildman–Crippen LogP) is 11.4. The van der Waals surface area contributed by atoms with Crippen LogP contribution in [0.4, 0.5) is 0 Å². The van der Waals surface area contributed by atoms with Crippen molar-refractivity contribution in [1.29, 1.82) is 0 Å². The molecule has 6 aliphatic carbocycles. The van der Waals surface area contributed by atoms with Crippen molar-refractivity contribution in [1.82, 2.24) is 0 Å². The van der Waals surface area contributed by atoms with Crippen molar-refractivity contribution in [3.8, 4) is 11.1 Å². The fourth-order valence-electron chi connectivity index (χ4n) is 9.61. The van der Waals surface area contributed by atoms with Gasteiger partial charge in [0.25, 0.3) is 0 Å². The molecule has 0 spiro atoms. The molecule has 1 unspecified atom stereocenters. The van der Waals surface area contributed by atoms with E-state index in [0.717, 1.165) is 24.2 Å². The maximum atomic E-state index is 3.57. The first-order chi connectivity index (χ1) is 22.7. The fourth-order valence-corrected chi connectivity index (χ4v) is 10.4. The topological polar surface area (TPSA) is 0 Å². The Kier molecular flexibility index (Phi) is 9.67. The van der Waals surface area contributed by atoms with Gasteiger partial charge in [-0.05, 0) is 68.1 Å². The van der Waals surface area contributed by atoms with Crippen molar-refractivity contribution >= 4 is 3.21 Å². The summed E-state index contributed by atoms with van der Waals surface area (Å²) in [5, 5.41) is 0. The maximum absolute atomic E-state index is 3.57. The van der Waals surface area contributed by atoms with E-state index in [9.17, 15) is 0 Å². The minimum absolute atomic E-state index is 0.564. The number of rotatable bonds is 4. The van der Waals surface area contributed by atoms with Crippen LogP contribution in [0.5, 0.6) is 0 Å². The number of hydrogen-bond acceptors (Lipinski definition) is 0. The Morgan fingerprint density at radius 2 is 1.28 bits per heavy atom. The molecule has 0 saturated heterocycles. The van der Waals surface area contributed by atoms with Crippen LogP contribution < -0.4 is 0 Å². The van der Waals surface area contributed by atoms with Gasteiger partial charge in [-0.3, -0.25) is 6.08 Å². The van der Waals surface area contributed by atoms with E-state index in [1.807, 2.05) is 6.07 Å². The van der Waals surface area contributed by atoms with Crippen LogP contribution in [0.2, 0.25) is 0 Å². The monoisotopic (exact) mass is 690 g/mol. The van der Waals surface area contributed by atoms with Gasteiger partial charge < -0.3 is 0 Å². The summed E-state index contributed by atoms with van der Waals surface area (Å²) < 4.78 is 1.42. The first kappa shape index (κ1) is 32.7. The Hall–Kier alpha value is -2.89. The van der Waals surface area contributed by atoms with E-state index < -0.39 is 0 Å². The molecular weight excluding hydrogens is 644 g/mol. The second kappa shape index (κ2) is 13.9. The molecule has 0 heterocycles. The van der Waals surface area contributed by atoms with E-state index in [1.165, 1.54) is 83.9 Å². The summed E-state index contributed by atoms with van der Waals surface area (Å²) in [6, 6.07) is 35.6. The summed E-state index contributed by atoms with van der Waals surface area (Å²) in [6.07, 6.45) is 17.8. The van der Waals surface area contributed by atoms with Gasteiger partial charge in [0.05, 0.1) is 0 Å². The number of hydrogen-bond donors (Lipinski definition) is 0. The second-order valence-electron chi connectivity index (χ2n) is 15.3. The van der Waals surface area contributed by atoms with Gasteiger partial charge in [-0.15, -0.1) is 5.56 Å². The van der Waals surface area contributed by atoms with Crippen LogP contribution in [0.1, 0.15) is 92.2 Å². The van der Waals surface area contributed by atoms with Gasteiger partial charge in [0.15, 0.2) is 0 Å². The van der Waals surface area contributed by atoms with Gasteiger partial charge in [0, 0.05) is 0 Å². The number of aryl methyl sites for hydroxylation is 2. The van der Waals surface area contributed by atoms with E-state index in [2.05, 4.69) is 131 Å². The molecule has 6 aliphatic rings. The van der Waals surface area contributed by atoms with Crippen molar-refractivity contribution in [3.63, 3.8) is 0 Å². The summed E-state index contributed by atoms with van der Waals surface area (Å²) >= 11 is 1.46. The third kappa shape index (κ3) is 7.42. The number of benzene rings is 4. The molecule has 4 saturated carbocycles. The number of allylic oxidation sites excluding steroid dienone is 4. The Bertz CT molecular complexity index is 1670. The molecule has 10 rings (SSSR count). The van der Waals surface area contributed by atoms with E-state index in [1.54, 1.807) is 44.1 Å². The van der Waals surface area contributed by atoms with E-state index in [-0.39, 0.29) is 0 Å². The predicted molar refractivity (Wildman–Crippen MR) is 194 cm³/mol. The summed E-state index contributed by atoms with van der Waals surface area (Å²) in [7, 11) is 0. The zero-order valence-corrected chi connectivity index (χ0v) is 31.2. The molecule has 4 fully saturated rings. The van der Waals surface area contributed by atoms with Gasteiger partial charge in [-0.25, -0.2) is 5.57 Å². The third-order valence-corrected chi connectivity index (χ3v) is 12.8. The van der Waals surface area contributed by atoms with Crippen LogP contribution in [0.15, 0.2) is 108 Å². The SMILES string of the molecule is CC1=[C-]C(C)C=C1CC12CC3CC(CC(C3)C1)C2.Cc1ccc([C](=[Zr+2])c2ccc(C)cc2)cc1.[c-]1cccc2c1Cc1ccccc1-2.